The average Bonchev–Trinajstić information content (AvgIpc) is 2.15. The lowest BCUT2D eigenvalue weighted by molar-refractivity contribution is 0.0600. The quantitative estimate of drug-likeness (QED) is 0.670. The van der Waals surface area contributed by atoms with Crippen molar-refractivity contribution in [2.24, 2.45) is 0 Å². The van der Waals surface area contributed by atoms with E-state index in [0.717, 1.165) is 0 Å². The molecule has 14 heavy (non-hydrogen) atoms. The molecule has 78 valence electrons. The third kappa shape index (κ3) is 2.79. The number of hydrogen-bond donors (Lipinski definition) is 1. The second kappa shape index (κ2) is 5.31. The Hall–Kier alpha value is -1.46. The Bertz CT molecular complexity index is 325. The van der Waals surface area contributed by atoms with E-state index in [4.69, 9.17) is 5.11 Å². The van der Waals surface area contributed by atoms with E-state index in [9.17, 15) is 4.79 Å². The Morgan fingerprint density at radius 2 is 2.21 bits per heavy atom. The van der Waals surface area contributed by atoms with Crippen LogP contribution < -0.4 is 0 Å². The van der Waals surface area contributed by atoms with Crippen molar-refractivity contribution in [1.82, 2.24) is 4.98 Å². The molecule has 0 amide bonds. The van der Waals surface area contributed by atoms with Gasteiger partial charge in [-0.25, -0.2) is 4.79 Å². The molecule has 0 aliphatic rings. The third-order valence-corrected chi connectivity index (χ3v) is 1.59. The summed E-state index contributed by atoms with van der Waals surface area (Å²) in [7, 11) is 1.32. The van der Waals surface area contributed by atoms with Crippen LogP contribution in [0.25, 0.3) is 0 Å². The summed E-state index contributed by atoms with van der Waals surface area (Å²) < 4.78 is 4.54. The number of ether oxygens (including phenoxy) is 1. The van der Waals surface area contributed by atoms with Gasteiger partial charge in [-0.2, -0.15) is 0 Å². The zero-order valence-electron chi connectivity index (χ0n) is 8.07. The molecule has 0 unspecified atom stereocenters. The summed E-state index contributed by atoms with van der Waals surface area (Å²) in [6, 6.07) is 3.13. The molecule has 5 nitrogen and oxygen atoms in total. The Labute approximate surface area is 81.7 Å². The predicted octanol–water partition coefficient (Wildman–Crippen LogP) is -0.156. The average molecular weight is 199 g/mol. The maximum atomic E-state index is 11.1. The van der Waals surface area contributed by atoms with Crippen molar-refractivity contribution in [3.63, 3.8) is 0 Å². The molecule has 0 aliphatic carbocycles. The molecule has 0 spiro atoms. The topological polar surface area (TPSA) is 90.9 Å². The van der Waals surface area contributed by atoms with E-state index in [1.165, 1.54) is 13.2 Å². The van der Waals surface area contributed by atoms with Crippen LogP contribution in [0.3, 0.4) is 0 Å². The molecule has 0 fully saturated rings. The van der Waals surface area contributed by atoms with Gasteiger partial charge in [0.2, 0.25) is 0 Å². The summed E-state index contributed by atoms with van der Waals surface area (Å²) in [6.45, 7) is 1.58. The maximum absolute atomic E-state index is 11.1. The van der Waals surface area contributed by atoms with Crippen molar-refractivity contribution in [2.45, 2.75) is 13.5 Å². The molecule has 1 rings (SSSR count). The van der Waals surface area contributed by atoms with Gasteiger partial charge in [-0.05, 0) is 19.1 Å². The number of aryl methyl sites for hydroxylation is 1. The standard InChI is InChI=1S/C9H11NO3.H2O/c1-6-3-7(9(12)13-2)4-8(5-11)10-6;/h3-4,11H,5H2,1-2H3;1H2. The number of pyridine rings is 1. The van der Waals surface area contributed by atoms with E-state index >= 15 is 0 Å². The van der Waals surface area contributed by atoms with Crippen LogP contribution in [0.15, 0.2) is 12.1 Å². The summed E-state index contributed by atoms with van der Waals surface area (Å²) in [5, 5.41) is 8.83. The van der Waals surface area contributed by atoms with Gasteiger partial charge in [-0.15, -0.1) is 0 Å². The fourth-order valence-electron chi connectivity index (χ4n) is 1.05. The van der Waals surface area contributed by atoms with E-state index in [-0.39, 0.29) is 12.1 Å². The minimum absolute atomic E-state index is 0. The number of aliphatic hydroxyl groups excluding tert-OH is 1. The largest absolute Gasteiger partial charge is 0.465 e. The highest BCUT2D eigenvalue weighted by atomic mass is 16.5. The van der Waals surface area contributed by atoms with Crippen LogP contribution in [0.1, 0.15) is 21.7 Å². The molecule has 1 aromatic rings. The Morgan fingerprint density at radius 1 is 1.57 bits per heavy atom. The van der Waals surface area contributed by atoms with Gasteiger partial charge in [0.1, 0.15) is 0 Å². The summed E-state index contributed by atoms with van der Waals surface area (Å²) in [5.41, 5.74) is 1.58. The molecular formula is C9H13NO4. The molecule has 1 heterocycles. The van der Waals surface area contributed by atoms with Crippen LogP contribution in [0.2, 0.25) is 0 Å². The Morgan fingerprint density at radius 3 is 2.71 bits per heavy atom. The van der Waals surface area contributed by atoms with Crippen LogP contribution in [0.5, 0.6) is 0 Å². The van der Waals surface area contributed by atoms with Crippen molar-refractivity contribution >= 4 is 5.97 Å². The first kappa shape index (κ1) is 12.5. The van der Waals surface area contributed by atoms with E-state index in [1.807, 2.05) is 0 Å². The van der Waals surface area contributed by atoms with Crippen molar-refractivity contribution in [3.8, 4) is 0 Å². The van der Waals surface area contributed by atoms with Crippen LogP contribution in [-0.4, -0.2) is 28.6 Å². The van der Waals surface area contributed by atoms with Gasteiger partial charge < -0.3 is 15.3 Å². The molecule has 3 N–H and O–H groups in total. The van der Waals surface area contributed by atoms with Gasteiger partial charge in [0.05, 0.1) is 25.0 Å². The van der Waals surface area contributed by atoms with E-state index in [0.29, 0.717) is 17.0 Å². The number of nitrogens with zero attached hydrogens (tertiary/aromatic N) is 1. The van der Waals surface area contributed by atoms with Crippen molar-refractivity contribution in [3.05, 3.63) is 29.1 Å². The number of rotatable bonds is 2. The predicted molar refractivity (Wildman–Crippen MR) is 49.9 cm³/mol. The van der Waals surface area contributed by atoms with Crippen LogP contribution in [0, 0.1) is 6.92 Å². The van der Waals surface area contributed by atoms with Crippen molar-refractivity contribution in [2.75, 3.05) is 7.11 Å². The Balaban J connectivity index is 0.00000169. The molecule has 5 heteroatoms. The second-order valence-corrected chi connectivity index (χ2v) is 2.64. The molecular weight excluding hydrogens is 186 g/mol. The van der Waals surface area contributed by atoms with E-state index in [1.54, 1.807) is 13.0 Å². The minimum atomic E-state index is -0.416. The molecule has 1 aromatic heterocycles. The van der Waals surface area contributed by atoms with Gasteiger partial charge in [0.25, 0.3) is 0 Å². The number of aliphatic hydroxyl groups is 1. The number of carbonyl (C=O) groups is 1. The van der Waals surface area contributed by atoms with Gasteiger partial charge in [0, 0.05) is 5.69 Å². The lowest BCUT2D eigenvalue weighted by atomic mass is 10.2. The van der Waals surface area contributed by atoms with Crippen LogP contribution in [-0.2, 0) is 11.3 Å². The molecule has 0 aliphatic heterocycles. The molecule has 0 bridgehead atoms. The van der Waals surface area contributed by atoms with Gasteiger partial charge in [-0.1, -0.05) is 0 Å². The van der Waals surface area contributed by atoms with Gasteiger partial charge in [-0.3, -0.25) is 4.98 Å². The normalized spacial score (nSPS) is 9.07. The number of hydrogen-bond acceptors (Lipinski definition) is 4. The first-order chi connectivity index (χ1) is 6.17. The van der Waals surface area contributed by atoms with Gasteiger partial charge in [0.15, 0.2) is 0 Å². The fraction of sp³-hybridized carbons (Fsp3) is 0.333. The Kier molecular flexibility index (Phi) is 4.76. The highest BCUT2D eigenvalue weighted by molar-refractivity contribution is 5.89. The van der Waals surface area contributed by atoms with Crippen LogP contribution >= 0.6 is 0 Å². The SMILES string of the molecule is COC(=O)c1cc(C)nc(CO)c1.O. The van der Waals surface area contributed by atoms with E-state index < -0.39 is 5.97 Å². The second-order valence-electron chi connectivity index (χ2n) is 2.64. The number of carbonyl (C=O) groups excluding carboxylic acids is 1. The number of esters is 1. The molecule has 0 aromatic carbocycles. The first-order valence-electron chi connectivity index (χ1n) is 3.84. The summed E-state index contributed by atoms with van der Waals surface area (Å²) >= 11 is 0. The summed E-state index contributed by atoms with van der Waals surface area (Å²) in [6.07, 6.45) is 0. The first-order valence-corrected chi connectivity index (χ1v) is 3.84. The molecule has 0 saturated heterocycles. The smallest absolute Gasteiger partial charge is 0.337 e. The van der Waals surface area contributed by atoms with Crippen molar-refractivity contribution in [1.29, 1.82) is 0 Å². The highest BCUT2D eigenvalue weighted by Crippen LogP contribution is 2.06. The third-order valence-electron chi connectivity index (χ3n) is 1.59. The zero-order valence-corrected chi connectivity index (χ0v) is 8.07. The van der Waals surface area contributed by atoms with Crippen molar-refractivity contribution < 1.29 is 20.1 Å². The number of aromatic nitrogens is 1. The summed E-state index contributed by atoms with van der Waals surface area (Å²) in [5.74, 6) is -0.416. The monoisotopic (exact) mass is 199 g/mol. The lowest BCUT2D eigenvalue weighted by Crippen LogP contribution is -2.04. The van der Waals surface area contributed by atoms with E-state index in [2.05, 4.69) is 9.72 Å². The molecule has 0 atom stereocenters. The fourth-order valence-corrected chi connectivity index (χ4v) is 1.05. The molecule has 0 radical (unpaired) electrons. The minimum Gasteiger partial charge on any atom is -0.465 e. The lowest BCUT2D eigenvalue weighted by Gasteiger charge is -2.02. The number of methoxy groups -OCH3 is 1. The maximum Gasteiger partial charge on any atom is 0.337 e. The van der Waals surface area contributed by atoms with Gasteiger partial charge >= 0.3 is 5.97 Å². The van der Waals surface area contributed by atoms with Crippen LogP contribution in [0.4, 0.5) is 0 Å². The summed E-state index contributed by atoms with van der Waals surface area (Å²) in [4.78, 5) is 15.1. The highest BCUT2D eigenvalue weighted by Gasteiger charge is 2.07. The zero-order chi connectivity index (χ0) is 9.84. The molecule has 0 saturated carbocycles.